The third-order valence-corrected chi connectivity index (χ3v) is 4.28. The molecule has 0 amide bonds. The molecule has 4 nitrogen and oxygen atoms in total. The molecule has 1 N–H and O–H groups in total. The second-order valence-electron chi connectivity index (χ2n) is 4.72. The summed E-state index contributed by atoms with van der Waals surface area (Å²) in [5.74, 6) is 1.64. The Morgan fingerprint density at radius 1 is 1.25 bits per heavy atom. The zero-order valence-corrected chi connectivity index (χ0v) is 12.5. The van der Waals surface area contributed by atoms with Crippen LogP contribution in [0.4, 0.5) is 0 Å². The molecule has 1 aliphatic heterocycles. The lowest BCUT2D eigenvalue weighted by Crippen LogP contribution is -2.15. The van der Waals surface area contributed by atoms with Crippen molar-refractivity contribution in [3.05, 3.63) is 28.1 Å². The zero-order valence-electron chi connectivity index (χ0n) is 11.7. The zero-order chi connectivity index (χ0) is 13.9. The highest BCUT2D eigenvalue weighted by molar-refractivity contribution is 7.12. The van der Waals surface area contributed by atoms with Gasteiger partial charge in [0.1, 0.15) is 13.2 Å². The number of thiazole rings is 1. The highest BCUT2D eigenvalue weighted by atomic mass is 32.1. The maximum atomic E-state index is 5.64. The maximum absolute atomic E-state index is 5.64. The third kappa shape index (κ3) is 2.64. The molecule has 0 spiro atoms. The number of hydrogen-bond donors (Lipinski definition) is 1. The van der Waals surface area contributed by atoms with Crippen LogP contribution in [0.1, 0.15) is 9.88 Å². The van der Waals surface area contributed by atoms with Gasteiger partial charge in [0.25, 0.3) is 0 Å². The summed E-state index contributed by atoms with van der Waals surface area (Å²) < 4.78 is 11.2. The first-order valence-corrected chi connectivity index (χ1v) is 7.60. The minimum atomic E-state index is 0.611. The van der Waals surface area contributed by atoms with E-state index in [0.717, 1.165) is 35.7 Å². The molecule has 0 bridgehead atoms. The van der Waals surface area contributed by atoms with Crippen LogP contribution in [-0.4, -0.2) is 31.8 Å². The molecule has 0 saturated heterocycles. The molecule has 0 saturated carbocycles. The Morgan fingerprint density at radius 3 is 2.85 bits per heavy atom. The van der Waals surface area contributed by atoms with Gasteiger partial charge in [-0.15, -0.1) is 11.3 Å². The number of ether oxygens (including phenoxy) is 2. The number of likely N-dealkylation sites (N-methyl/N-ethyl adjacent to an activating group) is 1. The number of hydrogen-bond acceptors (Lipinski definition) is 5. The maximum Gasteiger partial charge on any atom is 0.162 e. The normalized spacial score (nSPS) is 13.5. The highest BCUT2D eigenvalue weighted by Crippen LogP contribution is 2.36. The lowest BCUT2D eigenvalue weighted by Gasteiger charge is -2.18. The molecule has 20 heavy (non-hydrogen) atoms. The van der Waals surface area contributed by atoms with Crippen molar-refractivity contribution < 1.29 is 9.47 Å². The second-order valence-corrected chi connectivity index (χ2v) is 6.01. The summed E-state index contributed by atoms with van der Waals surface area (Å²) in [6, 6.07) is 6.05. The number of aromatic nitrogens is 1. The smallest absolute Gasteiger partial charge is 0.162 e. The SMILES string of the molecule is CNCCc1nc(-c2ccc3c(c2)OCCO3)c(C)s1. The summed E-state index contributed by atoms with van der Waals surface area (Å²) in [4.78, 5) is 5.99. The molecule has 0 fully saturated rings. The average molecular weight is 290 g/mol. The summed E-state index contributed by atoms with van der Waals surface area (Å²) in [7, 11) is 1.96. The van der Waals surface area contributed by atoms with Crippen LogP contribution >= 0.6 is 11.3 Å². The van der Waals surface area contributed by atoms with Crippen molar-refractivity contribution in [1.82, 2.24) is 10.3 Å². The summed E-state index contributed by atoms with van der Waals surface area (Å²) >= 11 is 1.76. The molecule has 106 valence electrons. The van der Waals surface area contributed by atoms with E-state index in [2.05, 4.69) is 18.3 Å². The number of fused-ring (bicyclic) bond motifs is 1. The quantitative estimate of drug-likeness (QED) is 0.940. The van der Waals surface area contributed by atoms with Crippen LogP contribution in [0.3, 0.4) is 0 Å². The largest absolute Gasteiger partial charge is 0.486 e. The highest BCUT2D eigenvalue weighted by Gasteiger charge is 2.15. The third-order valence-electron chi connectivity index (χ3n) is 3.25. The van der Waals surface area contributed by atoms with Gasteiger partial charge in [0.2, 0.25) is 0 Å². The van der Waals surface area contributed by atoms with Gasteiger partial charge in [-0.1, -0.05) is 0 Å². The molecule has 2 heterocycles. The molecular formula is C15H18N2O2S. The molecule has 0 unspecified atom stereocenters. The molecule has 0 radical (unpaired) electrons. The molecule has 2 aromatic rings. The van der Waals surface area contributed by atoms with Crippen LogP contribution in [0.15, 0.2) is 18.2 Å². The van der Waals surface area contributed by atoms with E-state index >= 15 is 0 Å². The Bertz CT molecular complexity index is 610. The predicted octanol–water partition coefficient (Wildman–Crippen LogP) is 2.65. The Balaban J connectivity index is 1.90. The van der Waals surface area contributed by atoms with Crippen LogP contribution in [0.2, 0.25) is 0 Å². The molecule has 1 aromatic heterocycles. The average Bonchev–Trinajstić information content (AvgIpc) is 2.85. The van der Waals surface area contributed by atoms with Crippen molar-refractivity contribution in [2.24, 2.45) is 0 Å². The van der Waals surface area contributed by atoms with Crippen molar-refractivity contribution in [1.29, 1.82) is 0 Å². The molecule has 0 atom stereocenters. The van der Waals surface area contributed by atoms with Gasteiger partial charge in [-0.2, -0.15) is 0 Å². The van der Waals surface area contributed by atoms with Crippen molar-refractivity contribution in [2.45, 2.75) is 13.3 Å². The van der Waals surface area contributed by atoms with Crippen LogP contribution in [0.25, 0.3) is 11.3 Å². The van der Waals surface area contributed by atoms with Crippen molar-refractivity contribution in [3.63, 3.8) is 0 Å². The van der Waals surface area contributed by atoms with Gasteiger partial charge in [-0.25, -0.2) is 4.98 Å². The Labute approximate surface area is 122 Å². The number of benzene rings is 1. The van der Waals surface area contributed by atoms with Crippen LogP contribution in [0.5, 0.6) is 11.5 Å². The Morgan fingerprint density at radius 2 is 2.05 bits per heavy atom. The van der Waals surface area contributed by atoms with Crippen molar-refractivity contribution in [3.8, 4) is 22.8 Å². The monoisotopic (exact) mass is 290 g/mol. The van der Waals surface area contributed by atoms with E-state index in [1.54, 1.807) is 11.3 Å². The number of nitrogens with zero attached hydrogens (tertiary/aromatic N) is 1. The number of nitrogens with one attached hydrogen (secondary N) is 1. The fourth-order valence-electron chi connectivity index (χ4n) is 2.25. The van der Waals surface area contributed by atoms with Gasteiger partial charge in [0.05, 0.1) is 10.7 Å². The van der Waals surface area contributed by atoms with Gasteiger partial charge >= 0.3 is 0 Å². The summed E-state index contributed by atoms with van der Waals surface area (Å²) in [5, 5.41) is 4.32. The van der Waals surface area contributed by atoms with E-state index in [1.165, 1.54) is 9.88 Å². The predicted molar refractivity (Wildman–Crippen MR) is 80.9 cm³/mol. The second kappa shape index (κ2) is 5.81. The molecule has 0 aliphatic carbocycles. The van der Waals surface area contributed by atoms with Crippen LogP contribution < -0.4 is 14.8 Å². The summed E-state index contributed by atoms with van der Waals surface area (Å²) in [6.07, 6.45) is 0.965. The van der Waals surface area contributed by atoms with E-state index in [0.29, 0.717) is 13.2 Å². The Hall–Kier alpha value is -1.59. The fraction of sp³-hybridized carbons (Fsp3) is 0.400. The molecule has 3 rings (SSSR count). The van der Waals surface area contributed by atoms with E-state index in [1.807, 2.05) is 19.2 Å². The summed E-state index contributed by atoms with van der Waals surface area (Å²) in [6.45, 7) is 4.30. The molecular weight excluding hydrogens is 272 g/mol. The minimum Gasteiger partial charge on any atom is -0.486 e. The van der Waals surface area contributed by atoms with Crippen molar-refractivity contribution >= 4 is 11.3 Å². The lowest BCUT2D eigenvalue weighted by atomic mass is 10.1. The first-order chi connectivity index (χ1) is 9.78. The van der Waals surface area contributed by atoms with Gasteiger partial charge in [0, 0.05) is 23.4 Å². The first kappa shape index (κ1) is 13.4. The van der Waals surface area contributed by atoms with Crippen LogP contribution in [-0.2, 0) is 6.42 Å². The van der Waals surface area contributed by atoms with E-state index in [-0.39, 0.29) is 0 Å². The molecule has 1 aromatic carbocycles. The first-order valence-electron chi connectivity index (χ1n) is 6.79. The van der Waals surface area contributed by atoms with Gasteiger partial charge in [-0.3, -0.25) is 0 Å². The molecule has 1 aliphatic rings. The van der Waals surface area contributed by atoms with E-state index in [9.17, 15) is 0 Å². The van der Waals surface area contributed by atoms with Gasteiger partial charge in [-0.05, 0) is 32.2 Å². The van der Waals surface area contributed by atoms with Gasteiger partial charge < -0.3 is 14.8 Å². The lowest BCUT2D eigenvalue weighted by molar-refractivity contribution is 0.171. The minimum absolute atomic E-state index is 0.611. The topological polar surface area (TPSA) is 43.4 Å². The Kier molecular flexibility index (Phi) is 3.89. The number of aryl methyl sites for hydroxylation is 1. The van der Waals surface area contributed by atoms with Gasteiger partial charge in [0.15, 0.2) is 11.5 Å². The summed E-state index contributed by atoms with van der Waals surface area (Å²) in [5.41, 5.74) is 2.15. The van der Waals surface area contributed by atoms with Crippen LogP contribution in [0, 0.1) is 6.92 Å². The van der Waals surface area contributed by atoms with E-state index in [4.69, 9.17) is 14.5 Å². The fourth-order valence-corrected chi connectivity index (χ4v) is 3.20. The van der Waals surface area contributed by atoms with Crippen molar-refractivity contribution in [2.75, 3.05) is 26.8 Å². The molecule has 5 heteroatoms. The number of rotatable bonds is 4. The standard InChI is InChI=1S/C15H18N2O2S/c1-10-15(17-14(20-10)5-6-16-2)11-3-4-12-13(9-11)19-8-7-18-12/h3-4,9,16H,5-8H2,1-2H3. The van der Waals surface area contributed by atoms with E-state index < -0.39 is 0 Å².